The molecule has 16 heavy (non-hydrogen) atoms. The average Bonchev–Trinajstić information content (AvgIpc) is 2.25. The van der Waals surface area contributed by atoms with Crippen LogP contribution in [0.3, 0.4) is 0 Å². The van der Waals surface area contributed by atoms with Gasteiger partial charge in [0.15, 0.2) is 0 Å². The van der Waals surface area contributed by atoms with Crippen molar-refractivity contribution in [1.29, 1.82) is 0 Å². The largest absolute Gasteiger partial charge is 0.321 e. The van der Waals surface area contributed by atoms with E-state index in [0.29, 0.717) is 11.6 Å². The fourth-order valence-electron chi connectivity index (χ4n) is 1.55. The van der Waals surface area contributed by atoms with E-state index in [1.54, 1.807) is 18.5 Å². The van der Waals surface area contributed by atoms with E-state index in [1.807, 2.05) is 19.9 Å². The molecular formula is C12H12FN3. The summed E-state index contributed by atoms with van der Waals surface area (Å²) in [7, 11) is 0. The molecule has 4 heteroatoms. The van der Waals surface area contributed by atoms with E-state index in [-0.39, 0.29) is 5.82 Å². The average molecular weight is 217 g/mol. The number of hydrogen-bond acceptors (Lipinski definition) is 3. The molecule has 82 valence electrons. The second-order valence-corrected chi connectivity index (χ2v) is 3.64. The van der Waals surface area contributed by atoms with Crippen molar-refractivity contribution in [1.82, 2.24) is 9.97 Å². The van der Waals surface area contributed by atoms with Crippen LogP contribution < -0.4 is 5.32 Å². The third kappa shape index (κ3) is 2.16. The fourth-order valence-corrected chi connectivity index (χ4v) is 1.55. The third-order valence-electron chi connectivity index (χ3n) is 2.23. The van der Waals surface area contributed by atoms with E-state index in [2.05, 4.69) is 15.3 Å². The normalized spacial score (nSPS) is 10.2. The molecule has 2 aromatic rings. The van der Waals surface area contributed by atoms with Gasteiger partial charge < -0.3 is 5.32 Å². The number of nitrogens with zero attached hydrogens (tertiary/aromatic N) is 2. The molecule has 3 nitrogen and oxygen atoms in total. The summed E-state index contributed by atoms with van der Waals surface area (Å²) in [4.78, 5) is 7.98. The molecule has 0 saturated heterocycles. The van der Waals surface area contributed by atoms with Crippen LogP contribution in [0.5, 0.6) is 0 Å². The van der Waals surface area contributed by atoms with Gasteiger partial charge in [-0.05, 0) is 37.1 Å². The summed E-state index contributed by atoms with van der Waals surface area (Å²) in [5.41, 5.74) is 2.16. The Morgan fingerprint density at radius 2 is 1.81 bits per heavy atom. The number of aryl methyl sites for hydroxylation is 2. The van der Waals surface area contributed by atoms with Crippen molar-refractivity contribution in [2.45, 2.75) is 13.8 Å². The van der Waals surface area contributed by atoms with Crippen molar-refractivity contribution < 1.29 is 4.39 Å². The Morgan fingerprint density at radius 3 is 2.44 bits per heavy atom. The molecule has 1 heterocycles. The number of halogens is 1. The highest BCUT2D eigenvalue weighted by Crippen LogP contribution is 2.23. The quantitative estimate of drug-likeness (QED) is 0.840. The Balaban J connectivity index is 2.35. The molecule has 1 aromatic heterocycles. The number of aromatic nitrogens is 2. The SMILES string of the molecule is Cc1cc(C)c(Nc2ncccn2)c(F)c1. The number of anilines is 2. The van der Waals surface area contributed by atoms with Crippen LogP contribution in [0, 0.1) is 19.7 Å². The van der Waals surface area contributed by atoms with Crippen LogP contribution in [-0.4, -0.2) is 9.97 Å². The second-order valence-electron chi connectivity index (χ2n) is 3.64. The number of nitrogens with one attached hydrogen (secondary N) is 1. The molecule has 0 spiro atoms. The Kier molecular flexibility index (Phi) is 2.81. The molecule has 0 unspecified atom stereocenters. The van der Waals surface area contributed by atoms with Gasteiger partial charge in [-0.15, -0.1) is 0 Å². The van der Waals surface area contributed by atoms with Gasteiger partial charge in [0.05, 0.1) is 5.69 Å². The monoisotopic (exact) mass is 217 g/mol. The smallest absolute Gasteiger partial charge is 0.227 e. The first-order valence-corrected chi connectivity index (χ1v) is 4.97. The summed E-state index contributed by atoms with van der Waals surface area (Å²) in [6.07, 6.45) is 3.22. The molecule has 1 aromatic carbocycles. The van der Waals surface area contributed by atoms with E-state index in [1.165, 1.54) is 6.07 Å². The first-order valence-electron chi connectivity index (χ1n) is 4.97. The highest BCUT2D eigenvalue weighted by atomic mass is 19.1. The summed E-state index contributed by atoms with van der Waals surface area (Å²) in [5.74, 6) is 0.110. The summed E-state index contributed by atoms with van der Waals surface area (Å²) in [5, 5.41) is 2.87. The molecule has 2 rings (SSSR count). The minimum atomic E-state index is -0.287. The summed E-state index contributed by atoms with van der Waals surface area (Å²) < 4.78 is 13.7. The van der Waals surface area contributed by atoms with Crippen LogP contribution in [0.15, 0.2) is 30.6 Å². The first-order chi connectivity index (χ1) is 7.66. The molecule has 0 fully saturated rings. The zero-order valence-corrected chi connectivity index (χ0v) is 9.16. The van der Waals surface area contributed by atoms with Gasteiger partial charge in [-0.1, -0.05) is 6.07 Å². The summed E-state index contributed by atoms with van der Waals surface area (Å²) >= 11 is 0. The highest BCUT2D eigenvalue weighted by Gasteiger charge is 2.07. The molecule has 0 bridgehead atoms. The minimum absolute atomic E-state index is 0.287. The van der Waals surface area contributed by atoms with Gasteiger partial charge in [0.25, 0.3) is 0 Å². The number of hydrogen-bond donors (Lipinski definition) is 1. The first kappa shape index (κ1) is 10.5. The number of benzene rings is 1. The van der Waals surface area contributed by atoms with Crippen LogP contribution in [-0.2, 0) is 0 Å². The predicted octanol–water partition coefficient (Wildman–Crippen LogP) is 2.98. The number of rotatable bonds is 2. The maximum absolute atomic E-state index is 13.7. The zero-order valence-electron chi connectivity index (χ0n) is 9.16. The fraction of sp³-hybridized carbons (Fsp3) is 0.167. The molecule has 0 aliphatic carbocycles. The third-order valence-corrected chi connectivity index (χ3v) is 2.23. The van der Waals surface area contributed by atoms with Crippen molar-refractivity contribution in [2.24, 2.45) is 0 Å². The second kappa shape index (κ2) is 4.26. The highest BCUT2D eigenvalue weighted by molar-refractivity contribution is 5.59. The lowest BCUT2D eigenvalue weighted by atomic mass is 10.1. The van der Waals surface area contributed by atoms with Crippen molar-refractivity contribution in [3.8, 4) is 0 Å². The Bertz CT molecular complexity index is 474. The van der Waals surface area contributed by atoms with Crippen LogP contribution >= 0.6 is 0 Å². The Labute approximate surface area is 93.4 Å². The van der Waals surface area contributed by atoms with Crippen molar-refractivity contribution in [3.63, 3.8) is 0 Å². The molecule has 0 amide bonds. The minimum Gasteiger partial charge on any atom is -0.321 e. The lowest BCUT2D eigenvalue weighted by molar-refractivity contribution is 0.629. The van der Waals surface area contributed by atoms with Gasteiger partial charge in [0.1, 0.15) is 5.82 Å². The molecule has 0 aliphatic rings. The summed E-state index contributed by atoms with van der Waals surface area (Å²) in [6, 6.07) is 5.11. The Hall–Kier alpha value is -1.97. The van der Waals surface area contributed by atoms with Crippen LogP contribution in [0.1, 0.15) is 11.1 Å². The molecule has 0 saturated carbocycles. The Morgan fingerprint density at radius 1 is 1.12 bits per heavy atom. The van der Waals surface area contributed by atoms with Gasteiger partial charge in [-0.3, -0.25) is 0 Å². The standard InChI is InChI=1S/C12H12FN3/c1-8-6-9(2)11(10(13)7-8)16-12-14-4-3-5-15-12/h3-7H,1-2H3,(H,14,15,16). The molecule has 0 atom stereocenters. The van der Waals surface area contributed by atoms with E-state index >= 15 is 0 Å². The van der Waals surface area contributed by atoms with Gasteiger partial charge in [0, 0.05) is 12.4 Å². The van der Waals surface area contributed by atoms with Crippen LogP contribution in [0.25, 0.3) is 0 Å². The molecule has 0 aliphatic heterocycles. The topological polar surface area (TPSA) is 37.8 Å². The van der Waals surface area contributed by atoms with E-state index in [4.69, 9.17) is 0 Å². The van der Waals surface area contributed by atoms with Crippen molar-refractivity contribution >= 4 is 11.6 Å². The van der Waals surface area contributed by atoms with Gasteiger partial charge in [-0.2, -0.15) is 0 Å². The van der Waals surface area contributed by atoms with Crippen molar-refractivity contribution in [2.75, 3.05) is 5.32 Å². The maximum atomic E-state index is 13.7. The maximum Gasteiger partial charge on any atom is 0.227 e. The summed E-state index contributed by atoms with van der Waals surface area (Å²) in [6.45, 7) is 3.71. The van der Waals surface area contributed by atoms with Gasteiger partial charge >= 0.3 is 0 Å². The molecule has 0 radical (unpaired) electrons. The van der Waals surface area contributed by atoms with E-state index < -0.39 is 0 Å². The molecular weight excluding hydrogens is 205 g/mol. The van der Waals surface area contributed by atoms with E-state index in [9.17, 15) is 4.39 Å². The predicted molar refractivity (Wildman–Crippen MR) is 61.2 cm³/mol. The van der Waals surface area contributed by atoms with Crippen LogP contribution in [0.2, 0.25) is 0 Å². The lowest BCUT2D eigenvalue weighted by Crippen LogP contribution is -2.00. The van der Waals surface area contributed by atoms with Crippen molar-refractivity contribution in [3.05, 3.63) is 47.5 Å². The molecule has 1 N–H and O–H groups in total. The van der Waals surface area contributed by atoms with Gasteiger partial charge in [0.2, 0.25) is 5.95 Å². The lowest BCUT2D eigenvalue weighted by Gasteiger charge is -2.09. The van der Waals surface area contributed by atoms with Gasteiger partial charge in [-0.25, -0.2) is 14.4 Å². The van der Waals surface area contributed by atoms with Crippen LogP contribution in [0.4, 0.5) is 16.0 Å². The zero-order chi connectivity index (χ0) is 11.5. The van der Waals surface area contributed by atoms with E-state index in [0.717, 1.165) is 11.1 Å².